The molecule has 2 aromatic rings. The molecule has 0 radical (unpaired) electrons. The van der Waals surface area contributed by atoms with Crippen molar-refractivity contribution in [2.24, 2.45) is 0 Å². The van der Waals surface area contributed by atoms with Crippen molar-refractivity contribution in [3.63, 3.8) is 0 Å². The van der Waals surface area contributed by atoms with Gasteiger partial charge in [0.15, 0.2) is 0 Å². The van der Waals surface area contributed by atoms with E-state index < -0.39 is 0 Å². The Morgan fingerprint density at radius 3 is 2.94 bits per heavy atom. The molecular formula is C13H14ClN3O. The van der Waals surface area contributed by atoms with Gasteiger partial charge in [0.25, 0.3) is 5.56 Å². The Labute approximate surface area is 110 Å². The Kier molecular flexibility index (Phi) is 3.99. The molecule has 0 saturated carbocycles. The third-order valence-electron chi connectivity index (χ3n) is 2.52. The molecule has 1 heterocycles. The van der Waals surface area contributed by atoms with E-state index in [1.807, 2.05) is 24.3 Å². The number of nitrogens with zero attached hydrogens (tertiary/aromatic N) is 2. The van der Waals surface area contributed by atoms with Gasteiger partial charge in [0.05, 0.1) is 6.33 Å². The second-order valence-electron chi connectivity index (χ2n) is 4.00. The van der Waals surface area contributed by atoms with Crippen LogP contribution in [-0.2, 0) is 6.54 Å². The van der Waals surface area contributed by atoms with Gasteiger partial charge < -0.3 is 5.32 Å². The van der Waals surface area contributed by atoms with Gasteiger partial charge in [0.2, 0.25) is 0 Å². The number of hydrogen-bond donors (Lipinski definition) is 1. The lowest BCUT2D eigenvalue weighted by atomic mass is 10.3. The van der Waals surface area contributed by atoms with Crippen molar-refractivity contribution in [2.75, 3.05) is 11.9 Å². The second-order valence-corrected chi connectivity index (χ2v) is 4.44. The maximum atomic E-state index is 11.6. The maximum absolute atomic E-state index is 11.6. The van der Waals surface area contributed by atoms with Crippen LogP contribution in [0.15, 0.2) is 41.5 Å². The van der Waals surface area contributed by atoms with E-state index >= 15 is 0 Å². The Bertz CT molecular complexity index is 595. The van der Waals surface area contributed by atoms with Crippen molar-refractivity contribution in [3.8, 4) is 0 Å². The predicted octanol–water partition coefficient (Wildman–Crippen LogP) is 2.32. The smallest absolute Gasteiger partial charge is 0.253 e. The molecule has 5 heteroatoms. The molecule has 0 aliphatic heterocycles. The van der Waals surface area contributed by atoms with Crippen molar-refractivity contribution in [2.45, 2.75) is 13.5 Å². The van der Waals surface area contributed by atoms with Gasteiger partial charge in [0.1, 0.15) is 0 Å². The monoisotopic (exact) mass is 263 g/mol. The van der Waals surface area contributed by atoms with Crippen LogP contribution in [-0.4, -0.2) is 16.1 Å². The Morgan fingerprint density at radius 1 is 1.39 bits per heavy atom. The summed E-state index contributed by atoms with van der Waals surface area (Å²) in [6.45, 7) is 3.01. The van der Waals surface area contributed by atoms with Crippen molar-refractivity contribution in [1.82, 2.24) is 9.55 Å². The number of rotatable bonds is 4. The highest BCUT2D eigenvalue weighted by Crippen LogP contribution is 2.14. The van der Waals surface area contributed by atoms with Crippen LogP contribution in [0.5, 0.6) is 0 Å². The first-order chi connectivity index (χ1) is 8.65. The fraction of sp³-hybridized carbons (Fsp3) is 0.231. The Morgan fingerprint density at radius 2 is 2.22 bits per heavy atom. The molecule has 18 heavy (non-hydrogen) atoms. The van der Waals surface area contributed by atoms with E-state index in [1.165, 1.54) is 6.07 Å². The molecule has 1 aromatic carbocycles. The van der Waals surface area contributed by atoms with Crippen molar-refractivity contribution < 1.29 is 0 Å². The van der Waals surface area contributed by atoms with Gasteiger partial charge in [-0.05, 0) is 25.1 Å². The molecule has 0 aliphatic rings. The number of halogens is 1. The van der Waals surface area contributed by atoms with Crippen LogP contribution < -0.4 is 10.9 Å². The quantitative estimate of drug-likeness (QED) is 0.921. The van der Waals surface area contributed by atoms with Gasteiger partial charge in [-0.2, -0.15) is 0 Å². The summed E-state index contributed by atoms with van der Waals surface area (Å²) < 4.78 is 1.57. The zero-order valence-electron chi connectivity index (χ0n) is 10.1. The number of anilines is 1. The molecular weight excluding hydrogens is 250 g/mol. The first kappa shape index (κ1) is 12.6. The molecule has 94 valence electrons. The molecule has 0 aliphatic carbocycles. The van der Waals surface area contributed by atoms with E-state index in [4.69, 9.17) is 11.6 Å². The third-order valence-corrected chi connectivity index (χ3v) is 2.76. The summed E-state index contributed by atoms with van der Waals surface area (Å²) in [5.41, 5.74) is 1.64. The molecule has 0 unspecified atom stereocenters. The zero-order chi connectivity index (χ0) is 13.0. The molecule has 2 rings (SSSR count). The highest BCUT2D eigenvalue weighted by molar-refractivity contribution is 6.30. The average molecular weight is 264 g/mol. The van der Waals surface area contributed by atoms with Crippen molar-refractivity contribution >= 4 is 17.3 Å². The van der Waals surface area contributed by atoms with E-state index in [2.05, 4.69) is 10.3 Å². The van der Waals surface area contributed by atoms with Crippen LogP contribution in [0.1, 0.15) is 5.69 Å². The maximum Gasteiger partial charge on any atom is 0.253 e. The van der Waals surface area contributed by atoms with Crippen LogP contribution in [0.4, 0.5) is 5.69 Å². The van der Waals surface area contributed by atoms with E-state index in [-0.39, 0.29) is 5.56 Å². The van der Waals surface area contributed by atoms with E-state index in [0.29, 0.717) is 18.1 Å². The summed E-state index contributed by atoms with van der Waals surface area (Å²) in [5, 5.41) is 3.89. The molecule has 1 aromatic heterocycles. The molecule has 0 spiro atoms. The van der Waals surface area contributed by atoms with Gasteiger partial charge in [0, 0.05) is 35.6 Å². The summed E-state index contributed by atoms with van der Waals surface area (Å²) in [6, 6.07) is 9.00. The average Bonchev–Trinajstić information content (AvgIpc) is 2.32. The zero-order valence-corrected chi connectivity index (χ0v) is 10.8. The van der Waals surface area contributed by atoms with Crippen LogP contribution in [0.2, 0.25) is 5.02 Å². The SMILES string of the molecule is Cc1cc(=O)n(CCNc2cccc(Cl)c2)cn1. The first-order valence-corrected chi connectivity index (χ1v) is 6.05. The lowest BCUT2D eigenvalue weighted by Gasteiger charge is -2.08. The van der Waals surface area contributed by atoms with Gasteiger partial charge in [-0.15, -0.1) is 0 Å². The fourth-order valence-corrected chi connectivity index (χ4v) is 1.79. The Hall–Kier alpha value is -1.81. The number of hydrogen-bond acceptors (Lipinski definition) is 3. The molecule has 0 bridgehead atoms. The second kappa shape index (κ2) is 5.69. The number of benzene rings is 1. The summed E-state index contributed by atoms with van der Waals surface area (Å²) in [5.74, 6) is 0. The standard InChI is InChI=1S/C13H14ClN3O/c1-10-7-13(18)17(9-16-10)6-5-15-12-4-2-3-11(14)8-12/h2-4,7-9,15H,5-6H2,1H3. The van der Waals surface area contributed by atoms with E-state index in [1.54, 1.807) is 17.8 Å². The van der Waals surface area contributed by atoms with Crippen LogP contribution in [0.3, 0.4) is 0 Å². The fourth-order valence-electron chi connectivity index (χ4n) is 1.60. The highest BCUT2D eigenvalue weighted by Gasteiger charge is 1.97. The summed E-state index contributed by atoms with van der Waals surface area (Å²) in [4.78, 5) is 15.7. The molecule has 0 atom stereocenters. The van der Waals surface area contributed by atoms with Gasteiger partial charge >= 0.3 is 0 Å². The topological polar surface area (TPSA) is 46.9 Å². The van der Waals surface area contributed by atoms with Gasteiger partial charge in [-0.25, -0.2) is 4.98 Å². The van der Waals surface area contributed by atoms with Gasteiger partial charge in [-0.3, -0.25) is 9.36 Å². The predicted molar refractivity (Wildman–Crippen MR) is 73.2 cm³/mol. The minimum Gasteiger partial charge on any atom is -0.383 e. The van der Waals surface area contributed by atoms with Crippen LogP contribution in [0.25, 0.3) is 0 Å². The lowest BCUT2D eigenvalue weighted by Crippen LogP contribution is -2.23. The highest BCUT2D eigenvalue weighted by atomic mass is 35.5. The number of aromatic nitrogens is 2. The van der Waals surface area contributed by atoms with Crippen LogP contribution >= 0.6 is 11.6 Å². The minimum atomic E-state index is -0.0320. The largest absolute Gasteiger partial charge is 0.383 e. The number of aryl methyl sites for hydroxylation is 1. The lowest BCUT2D eigenvalue weighted by molar-refractivity contribution is 0.676. The molecule has 0 amide bonds. The summed E-state index contributed by atoms with van der Waals surface area (Å²) in [7, 11) is 0. The molecule has 0 fully saturated rings. The normalized spacial score (nSPS) is 10.3. The molecule has 0 saturated heterocycles. The van der Waals surface area contributed by atoms with Gasteiger partial charge in [-0.1, -0.05) is 17.7 Å². The molecule has 4 nitrogen and oxygen atoms in total. The molecule has 1 N–H and O–H groups in total. The number of nitrogens with one attached hydrogen (secondary N) is 1. The van der Waals surface area contributed by atoms with Crippen molar-refractivity contribution in [1.29, 1.82) is 0 Å². The summed E-state index contributed by atoms with van der Waals surface area (Å²) in [6.07, 6.45) is 1.57. The van der Waals surface area contributed by atoms with E-state index in [0.717, 1.165) is 11.4 Å². The van der Waals surface area contributed by atoms with Crippen LogP contribution in [0, 0.1) is 6.92 Å². The third kappa shape index (κ3) is 3.34. The minimum absolute atomic E-state index is 0.0320. The Balaban J connectivity index is 1.94. The van der Waals surface area contributed by atoms with E-state index in [9.17, 15) is 4.79 Å². The first-order valence-electron chi connectivity index (χ1n) is 5.68. The van der Waals surface area contributed by atoms with Crippen molar-refractivity contribution in [3.05, 3.63) is 57.7 Å². The summed E-state index contributed by atoms with van der Waals surface area (Å²) >= 11 is 5.88.